The number of benzene rings is 2. The van der Waals surface area contributed by atoms with Crippen LogP contribution in [0.25, 0.3) is 6.08 Å². The van der Waals surface area contributed by atoms with Gasteiger partial charge in [-0.15, -0.1) is 0 Å². The Hall–Kier alpha value is -2.93. The van der Waals surface area contributed by atoms with Gasteiger partial charge in [-0.1, -0.05) is 6.07 Å². The van der Waals surface area contributed by atoms with E-state index in [0.717, 1.165) is 11.1 Å². The van der Waals surface area contributed by atoms with Gasteiger partial charge in [0.1, 0.15) is 22.9 Å². The molecule has 1 fully saturated rings. The maximum absolute atomic E-state index is 12.4. The lowest BCUT2D eigenvalue weighted by Gasteiger charge is -2.07. The van der Waals surface area contributed by atoms with Crippen LogP contribution in [-0.2, 0) is 4.79 Å². The minimum absolute atomic E-state index is 0.213. The second-order valence-corrected chi connectivity index (χ2v) is 6.80. The fourth-order valence-corrected chi connectivity index (χ4v) is 3.40. The monoisotopic (exact) mass is 384 g/mol. The molecule has 3 rings (SSSR count). The zero-order valence-corrected chi connectivity index (χ0v) is 16.3. The first-order chi connectivity index (χ1) is 13.0. The first kappa shape index (κ1) is 18.8. The molecule has 0 aromatic heterocycles. The number of ether oxygens (including phenoxy) is 3. The Morgan fingerprint density at radius 2 is 1.74 bits per heavy atom. The molecule has 0 bridgehead atoms. The zero-order chi connectivity index (χ0) is 19.4. The summed E-state index contributed by atoms with van der Waals surface area (Å²) in [5, 5.41) is 3.28. The summed E-state index contributed by atoms with van der Waals surface area (Å²) >= 11 is 1.26. The van der Waals surface area contributed by atoms with Gasteiger partial charge in [0.05, 0.1) is 26.2 Å². The summed E-state index contributed by atoms with van der Waals surface area (Å²) in [6.45, 7) is 1.98. The smallest absolute Gasteiger partial charge is 0.264 e. The SMILES string of the molecule is COc1ccc(OC)c(/C=C2\SC(=Nc3cc(C)ccc3OC)NC2=O)c1. The topological polar surface area (TPSA) is 69.2 Å². The van der Waals surface area contributed by atoms with Crippen LogP contribution in [-0.4, -0.2) is 32.4 Å². The number of carbonyl (C=O) groups excluding carboxylic acids is 1. The number of aryl methyl sites for hydroxylation is 1. The van der Waals surface area contributed by atoms with Gasteiger partial charge in [0.25, 0.3) is 5.91 Å². The Labute approximate surface area is 162 Å². The number of amides is 1. The molecule has 0 spiro atoms. The van der Waals surface area contributed by atoms with Gasteiger partial charge in [-0.3, -0.25) is 4.79 Å². The van der Waals surface area contributed by atoms with E-state index in [1.165, 1.54) is 11.8 Å². The molecule has 27 heavy (non-hydrogen) atoms. The van der Waals surface area contributed by atoms with Crippen LogP contribution in [0, 0.1) is 6.92 Å². The number of nitrogens with zero attached hydrogens (tertiary/aromatic N) is 1. The molecule has 1 N–H and O–H groups in total. The second-order valence-electron chi connectivity index (χ2n) is 5.76. The van der Waals surface area contributed by atoms with E-state index >= 15 is 0 Å². The van der Waals surface area contributed by atoms with Gasteiger partial charge in [0, 0.05) is 5.56 Å². The lowest BCUT2D eigenvalue weighted by Crippen LogP contribution is -2.19. The number of aliphatic imine (C=N–C) groups is 1. The first-order valence-electron chi connectivity index (χ1n) is 8.20. The van der Waals surface area contributed by atoms with Crippen molar-refractivity contribution in [1.29, 1.82) is 0 Å². The van der Waals surface area contributed by atoms with Crippen LogP contribution in [0.4, 0.5) is 5.69 Å². The number of methoxy groups -OCH3 is 3. The predicted molar refractivity (Wildman–Crippen MR) is 108 cm³/mol. The van der Waals surface area contributed by atoms with E-state index < -0.39 is 0 Å². The van der Waals surface area contributed by atoms with Crippen LogP contribution >= 0.6 is 11.8 Å². The summed E-state index contributed by atoms with van der Waals surface area (Å²) in [7, 11) is 4.77. The van der Waals surface area contributed by atoms with E-state index in [2.05, 4.69) is 10.3 Å². The fraction of sp³-hybridized carbons (Fsp3) is 0.200. The summed E-state index contributed by atoms with van der Waals surface area (Å²) in [4.78, 5) is 17.4. The minimum Gasteiger partial charge on any atom is -0.497 e. The van der Waals surface area contributed by atoms with E-state index in [4.69, 9.17) is 14.2 Å². The molecule has 1 aliphatic heterocycles. The van der Waals surface area contributed by atoms with Crippen molar-refractivity contribution in [1.82, 2.24) is 5.32 Å². The van der Waals surface area contributed by atoms with Crippen LogP contribution in [0.15, 0.2) is 46.3 Å². The van der Waals surface area contributed by atoms with Crippen molar-refractivity contribution in [3.05, 3.63) is 52.4 Å². The fourth-order valence-electron chi connectivity index (χ4n) is 2.57. The van der Waals surface area contributed by atoms with Crippen molar-refractivity contribution in [2.24, 2.45) is 4.99 Å². The summed E-state index contributed by atoms with van der Waals surface area (Å²) in [6.07, 6.45) is 1.76. The Kier molecular flexibility index (Phi) is 5.71. The Balaban J connectivity index is 1.92. The highest BCUT2D eigenvalue weighted by molar-refractivity contribution is 8.18. The van der Waals surface area contributed by atoms with E-state index in [1.54, 1.807) is 39.5 Å². The molecule has 1 saturated heterocycles. The quantitative estimate of drug-likeness (QED) is 0.792. The van der Waals surface area contributed by atoms with E-state index in [0.29, 0.717) is 33.0 Å². The van der Waals surface area contributed by atoms with Crippen LogP contribution in [0.5, 0.6) is 17.2 Å². The van der Waals surface area contributed by atoms with Crippen molar-refractivity contribution in [3.8, 4) is 17.2 Å². The van der Waals surface area contributed by atoms with Crippen molar-refractivity contribution in [2.75, 3.05) is 21.3 Å². The van der Waals surface area contributed by atoms with E-state index in [1.807, 2.05) is 31.2 Å². The highest BCUT2D eigenvalue weighted by Gasteiger charge is 2.24. The van der Waals surface area contributed by atoms with Gasteiger partial charge in [-0.25, -0.2) is 4.99 Å². The summed E-state index contributed by atoms with van der Waals surface area (Å²) in [5.41, 5.74) is 2.48. The number of rotatable bonds is 5. The third-order valence-electron chi connectivity index (χ3n) is 3.93. The van der Waals surface area contributed by atoms with Gasteiger partial charge >= 0.3 is 0 Å². The molecule has 7 heteroatoms. The Bertz CT molecular complexity index is 938. The molecule has 0 saturated carbocycles. The third-order valence-corrected chi connectivity index (χ3v) is 4.84. The standard InChI is InChI=1S/C20H20N2O4S/c1-12-5-7-17(26-4)15(9-12)21-20-22-19(23)18(27-20)11-13-10-14(24-2)6-8-16(13)25-3/h5-11H,1-4H3,(H,21,22,23)/b18-11-. The highest BCUT2D eigenvalue weighted by atomic mass is 32.2. The molecule has 0 unspecified atom stereocenters. The third kappa shape index (κ3) is 4.25. The molecular weight excluding hydrogens is 364 g/mol. The number of carbonyl (C=O) groups is 1. The zero-order valence-electron chi connectivity index (χ0n) is 15.5. The van der Waals surface area contributed by atoms with E-state index in [9.17, 15) is 4.79 Å². The van der Waals surface area contributed by atoms with Gasteiger partial charge < -0.3 is 19.5 Å². The average molecular weight is 384 g/mol. The molecule has 140 valence electrons. The molecule has 0 atom stereocenters. The normalized spacial score (nSPS) is 16.5. The number of hydrogen-bond donors (Lipinski definition) is 1. The van der Waals surface area contributed by atoms with Crippen molar-refractivity contribution in [2.45, 2.75) is 6.92 Å². The summed E-state index contributed by atoms with van der Waals surface area (Å²) < 4.78 is 16.0. The van der Waals surface area contributed by atoms with Crippen LogP contribution in [0.1, 0.15) is 11.1 Å². The van der Waals surface area contributed by atoms with Gasteiger partial charge in [-0.2, -0.15) is 0 Å². The number of hydrogen-bond acceptors (Lipinski definition) is 6. The van der Waals surface area contributed by atoms with E-state index in [-0.39, 0.29) is 5.91 Å². The van der Waals surface area contributed by atoms with Crippen LogP contribution in [0.2, 0.25) is 0 Å². The van der Waals surface area contributed by atoms with Gasteiger partial charge in [0.2, 0.25) is 0 Å². The average Bonchev–Trinajstić information content (AvgIpc) is 3.00. The first-order valence-corrected chi connectivity index (χ1v) is 9.02. The number of thioether (sulfide) groups is 1. The molecule has 1 amide bonds. The van der Waals surface area contributed by atoms with Crippen LogP contribution in [0.3, 0.4) is 0 Å². The molecular formula is C20H20N2O4S. The molecule has 1 heterocycles. The molecule has 2 aromatic carbocycles. The Morgan fingerprint density at radius 1 is 1.00 bits per heavy atom. The number of nitrogens with one attached hydrogen (secondary N) is 1. The van der Waals surface area contributed by atoms with Crippen molar-refractivity contribution >= 4 is 34.6 Å². The molecule has 0 aliphatic carbocycles. The maximum Gasteiger partial charge on any atom is 0.264 e. The highest BCUT2D eigenvalue weighted by Crippen LogP contribution is 2.34. The number of amidine groups is 1. The predicted octanol–water partition coefficient (Wildman–Crippen LogP) is 3.91. The molecule has 2 aromatic rings. The van der Waals surface area contributed by atoms with Crippen molar-refractivity contribution in [3.63, 3.8) is 0 Å². The van der Waals surface area contributed by atoms with Gasteiger partial charge in [0.15, 0.2) is 5.17 Å². The maximum atomic E-state index is 12.4. The second kappa shape index (κ2) is 8.18. The van der Waals surface area contributed by atoms with Crippen molar-refractivity contribution < 1.29 is 19.0 Å². The molecule has 1 aliphatic rings. The summed E-state index contributed by atoms with van der Waals surface area (Å²) in [5.74, 6) is 1.77. The lowest BCUT2D eigenvalue weighted by molar-refractivity contribution is -0.115. The van der Waals surface area contributed by atoms with Gasteiger partial charge in [-0.05, 0) is 60.7 Å². The largest absolute Gasteiger partial charge is 0.497 e. The summed E-state index contributed by atoms with van der Waals surface area (Å²) in [6, 6.07) is 11.1. The molecule has 0 radical (unpaired) electrons. The minimum atomic E-state index is -0.213. The molecule has 6 nitrogen and oxygen atoms in total. The lowest BCUT2D eigenvalue weighted by atomic mass is 10.1. The Morgan fingerprint density at radius 3 is 2.44 bits per heavy atom. The van der Waals surface area contributed by atoms with Crippen LogP contribution < -0.4 is 19.5 Å².